The van der Waals surface area contributed by atoms with Crippen molar-refractivity contribution in [2.45, 2.75) is 6.92 Å². The van der Waals surface area contributed by atoms with Gasteiger partial charge in [-0.05, 0) is 35.4 Å². The minimum atomic E-state index is -0.473. The molecule has 3 rings (SSSR count). The van der Waals surface area contributed by atoms with Crippen LogP contribution in [0.4, 0.5) is 11.6 Å². The average Bonchev–Trinajstić information content (AvgIpc) is 3.05. The number of aryl methyl sites for hydroxylation is 1. The first-order chi connectivity index (χ1) is 13.1. The van der Waals surface area contributed by atoms with Gasteiger partial charge >= 0.3 is 0 Å². The quantitative estimate of drug-likeness (QED) is 0.652. The zero-order valence-electron chi connectivity index (χ0n) is 14.7. The van der Waals surface area contributed by atoms with Crippen LogP contribution in [0.15, 0.2) is 53.7 Å². The fraction of sp³-hybridized carbons (Fsp3) is 0.100. The third-order valence-corrected chi connectivity index (χ3v) is 4.19. The van der Waals surface area contributed by atoms with E-state index in [9.17, 15) is 15.0 Å². The van der Waals surface area contributed by atoms with E-state index in [2.05, 4.69) is 21.5 Å². The van der Waals surface area contributed by atoms with E-state index >= 15 is 0 Å². The zero-order valence-corrected chi connectivity index (χ0v) is 14.7. The molecule has 0 unspecified atom stereocenters. The molecule has 0 aliphatic carbocycles. The maximum absolute atomic E-state index is 12.6. The second kappa shape index (κ2) is 7.54. The molecule has 0 aliphatic heterocycles. The molecule has 0 bridgehead atoms. The van der Waals surface area contributed by atoms with Gasteiger partial charge in [0.2, 0.25) is 0 Å². The molecule has 2 N–H and O–H groups in total. The number of amides is 1. The first-order valence-electron chi connectivity index (χ1n) is 8.10. The average molecular weight is 360 g/mol. The normalized spacial score (nSPS) is 10.1. The number of hydrogen-bond acceptors (Lipinski definition) is 5. The number of carbonyl (C=O) groups excluding carboxylic acids is 1. The third kappa shape index (κ3) is 3.28. The van der Waals surface area contributed by atoms with Gasteiger partial charge in [-0.1, -0.05) is 36.4 Å². The van der Waals surface area contributed by atoms with E-state index in [1.165, 1.54) is 7.11 Å². The molecular weight excluding hydrogens is 344 g/mol. The summed E-state index contributed by atoms with van der Waals surface area (Å²) in [5.74, 6) is 0.0179. The number of H-pyrrole nitrogens is 1. The molecule has 0 saturated carbocycles. The molecule has 3 aromatic rings. The van der Waals surface area contributed by atoms with Gasteiger partial charge in [-0.2, -0.15) is 5.26 Å². The van der Waals surface area contributed by atoms with E-state index in [1.807, 2.05) is 19.1 Å². The second-order valence-corrected chi connectivity index (χ2v) is 5.77. The number of carbonyl (C=O) groups is 1. The van der Waals surface area contributed by atoms with Gasteiger partial charge in [-0.15, -0.1) is 4.91 Å². The maximum atomic E-state index is 12.6. The fourth-order valence-corrected chi connectivity index (χ4v) is 2.89. The summed E-state index contributed by atoms with van der Waals surface area (Å²) in [7, 11) is 1.46. The minimum Gasteiger partial charge on any atom is -0.496 e. The van der Waals surface area contributed by atoms with Crippen LogP contribution in [0.1, 0.15) is 21.5 Å². The van der Waals surface area contributed by atoms with Gasteiger partial charge in [0, 0.05) is 5.56 Å². The lowest BCUT2D eigenvalue weighted by molar-refractivity contribution is 0.102. The number of benzene rings is 2. The summed E-state index contributed by atoms with van der Waals surface area (Å²) < 4.78 is 5.19. The molecule has 1 aromatic heterocycles. The van der Waals surface area contributed by atoms with Gasteiger partial charge < -0.3 is 15.0 Å². The number of rotatable bonds is 5. The molecule has 0 aliphatic rings. The molecule has 0 saturated heterocycles. The van der Waals surface area contributed by atoms with Crippen LogP contribution in [0.25, 0.3) is 11.1 Å². The minimum absolute atomic E-state index is 0.0174. The molecule has 2 aromatic carbocycles. The molecule has 0 spiro atoms. The van der Waals surface area contributed by atoms with Crippen molar-refractivity contribution >= 4 is 17.5 Å². The van der Waals surface area contributed by atoms with Crippen LogP contribution in [0.2, 0.25) is 0 Å². The molecule has 0 fully saturated rings. The molecule has 7 heteroatoms. The number of nitrogens with zero attached hydrogens (tertiary/aromatic N) is 2. The summed E-state index contributed by atoms with van der Waals surface area (Å²) in [6.45, 7) is 1.87. The first kappa shape index (κ1) is 17.9. The molecule has 1 heterocycles. The number of aromatic amines is 1. The van der Waals surface area contributed by atoms with Crippen molar-refractivity contribution in [3.8, 4) is 22.9 Å². The van der Waals surface area contributed by atoms with Crippen LogP contribution in [0.5, 0.6) is 5.75 Å². The van der Waals surface area contributed by atoms with Crippen molar-refractivity contribution in [2.24, 2.45) is 5.18 Å². The number of nitriles is 1. The van der Waals surface area contributed by atoms with Gasteiger partial charge in [0.25, 0.3) is 5.91 Å². The summed E-state index contributed by atoms with van der Waals surface area (Å²) in [4.78, 5) is 26.7. The van der Waals surface area contributed by atoms with E-state index in [4.69, 9.17) is 4.74 Å². The largest absolute Gasteiger partial charge is 0.496 e. The number of hydrogen-bond donors (Lipinski definition) is 2. The highest BCUT2D eigenvalue weighted by Gasteiger charge is 2.23. The van der Waals surface area contributed by atoms with Crippen molar-refractivity contribution < 1.29 is 9.53 Å². The van der Waals surface area contributed by atoms with Crippen LogP contribution in [-0.2, 0) is 0 Å². The number of aromatic nitrogens is 1. The van der Waals surface area contributed by atoms with Crippen molar-refractivity contribution in [3.05, 3.63) is 70.1 Å². The fourth-order valence-electron chi connectivity index (χ4n) is 2.89. The Kier molecular flexibility index (Phi) is 4.99. The van der Waals surface area contributed by atoms with E-state index in [0.29, 0.717) is 22.4 Å². The number of methoxy groups -OCH3 is 1. The molecular formula is C20H16N4O3. The maximum Gasteiger partial charge on any atom is 0.260 e. The summed E-state index contributed by atoms with van der Waals surface area (Å²) >= 11 is 0. The Hall–Kier alpha value is -3.92. The second-order valence-electron chi connectivity index (χ2n) is 5.77. The molecule has 7 nitrogen and oxygen atoms in total. The zero-order chi connectivity index (χ0) is 19.4. The van der Waals surface area contributed by atoms with Crippen molar-refractivity contribution in [2.75, 3.05) is 12.4 Å². The molecule has 0 atom stereocenters. The number of anilines is 1. The third-order valence-electron chi connectivity index (χ3n) is 4.19. The summed E-state index contributed by atoms with van der Waals surface area (Å²) in [5, 5.41) is 15.3. The lowest BCUT2D eigenvalue weighted by atomic mass is 9.99. The molecule has 1 amide bonds. The van der Waals surface area contributed by atoms with Crippen LogP contribution in [0.3, 0.4) is 0 Å². The van der Waals surface area contributed by atoms with E-state index < -0.39 is 5.91 Å². The Balaban J connectivity index is 2.08. The van der Waals surface area contributed by atoms with Gasteiger partial charge in [0.1, 0.15) is 23.2 Å². The SMILES string of the molecule is COc1ccccc1C(=O)Nc1[nH]c(N=O)c(-c2ccccc2C)c1C#N. The van der Waals surface area contributed by atoms with E-state index in [1.54, 1.807) is 36.4 Å². The van der Waals surface area contributed by atoms with Crippen LogP contribution >= 0.6 is 0 Å². The Morgan fingerprint density at radius 2 is 1.89 bits per heavy atom. The molecule has 27 heavy (non-hydrogen) atoms. The molecule has 134 valence electrons. The highest BCUT2D eigenvalue weighted by atomic mass is 16.5. The first-order valence-corrected chi connectivity index (χ1v) is 8.10. The molecule has 0 radical (unpaired) electrons. The Bertz CT molecular complexity index is 1060. The predicted molar refractivity (Wildman–Crippen MR) is 102 cm³/mol. The van der Waals surface area contributed by atoms with E-state index in [0.717, 1.165) is 5.56 Å². The van der Waals surface area contributed by atoms with Gasteiger partial charge in [0.05, 0.1) is 12.7 Å². The summed E-state index contributed by atoms with van der Waals surface area (Å²) in [5.41, 5.74) is 2.37. The standard InChI is InChI=1S/C20H16N4O3/c1-12-7-3-4-8-13(12)17-15(11-21)18(22-19(17)24-26)23-20(25)14-9-5-6-10-16(14)27-2/h3-10,22H,1-2H3,(H,23,25). The highest BCUT2D eigenvalue weighted by molar-refractivity contribution is 6.07. The lowest BCUT2D eigenvalue weighted by Gasteiger charge is -2.08. The van der Waals surface area contributed by atoms with Crippen molar-refractivity contribution in [1.29, 1.82) is 5.26 Å². The highest BCUT2D eigenvalue weighted by Crippen LogP contribution is 2.39. The van der Waals surface area contributed by atoms with E-state index in [-0.39, 0.29) is 17.2 Å². The summed E-state index contributed by atoms with van der Waals surface area (Å²) in [6.07, 6.45) is 0. The van der Waals surface area contributed by atoms with Gasteiger partial charge in [-0.25, -0.2) is 0 Å². The predicted octanol–water partition coefficient (Wildman–Crippen LogP) is 4.52. The lowest BCUT2D eigenvalue weighted by Crippen LogP contribution is -2.14. The smallest absolute Gasteiger partial charge is 0.260 e. The number of nitroso groups, excluding NO2 is 1. The number of ether oxygens (including phenoxy) is 1. The van der Waals surface area contributed by atoms with Crippen molar-refractivity contribution in [3.63, 3.8) is 0 Å². The van der Waals surface area contributed by atoms with Gasteiger partial charge in [0.15, 0.2) is 5.82 Å². The number of nitrogens with one attached hydrogen (secondary N) is 2. The van der Waals surface area contributed by atoms with Gasteiger partial charge in [-0.3, -0.25) is 4.79 Å². The van der Waals surface area contributed by atoms with Crippen LogP contribution < -0.4 is 10.1 Å². The number of para-hydroxylation sites is 1. The Morgan fingerprint density at radius 3 is 2.56 bits per heavy atom. The Labute approximate surface area is 155 Å². The van der Waals surface area contributed by atoms with Crippen molar-refractivity contribution in [1.82, 2.24) is 4.98 Å². The summed E-state index contributed by atoms with van der Waals surface area (Å²) in [6, 6.07) is 16.1. The topological polar surface area (TPSA) is 107 Å². The van der Waals surface area contributed by atoms with Crippen LogP contribution in [0, 0.1) is 23.2 Å². The Morgan fingerprint density at radius 1 is 1.19 bits per heavy atom. The van der Waals surface area contributed by atoms with Crippen LogP contribution in [-0.4, -0.2) is 18.0 Å². The monoisotopic (exact) mass is 360 g/mol.